The molecule has 0 saturated carbocycles. The first-order valence-corrected chi connectivity index (χ1v) is 6.41. The van der Waals surface area contributed by atoms with Crippen LogP contribution in [0.3, 0.4) is 0 Å². The Morgan fingerprint density at radius 3 is 2.41 bits per heavy atom. The fraction of sp³-hybridized carbons (Fsp3) is 0.533. The second-order valence-electron chi connectivity index (χ2n) is 4.58. The summed E-state index contributed by atoms with van der Waals surface area (Å²) in [6, 6.07) is 8.30. The average Bonchev–Trinajstić information content (AvgIpc) is 2.30. The van der Waals surface area contributed by atoms with Crippen molar-refractivity contribution in [2.75, 3.05) is 0 Å². The molecule has 94 valence electrons. The SMILES string of the molecule is CC(C)Oc1ccc(CCCCCC=O)cc1. The van der Waals surface area contributed by atoms with Crippen molar-refractivity contribution in [1.29, 1.82) is 0 Å². The van der Waals surface area contributed by atoms with Gasteiger partial charge in [0.15, 0.2) is 0 Å². The summed E-state index contributed by atoms with van der Waals surface area (Å²) in [6.07, 6.45) is 6.29. The van der Waals surface area contributed by atoms with E-state index < -0.39 is 0 Å². The Labute approximate surface area is 104 Å². The molecule has 0 amide bonds. The normalized spacial score (nSPS) is 10.5. The second-order valence-corrected chi connectivity index (χ2v) is 4.58. The highest BCUT2D eigenvalue weighted by Gasteiger charge is 1.98. The molecule has 0 N–H and O–H groups in total. The van der Waals surface area contributed by atoms with E-state index in [1.807, 2.05) is 26.0 Å². The maximum absolute atomic E-state index is 10.1. The predicted octanol–water partition coefficient (Wildman–Crippen LogP) is 3.78. The van der Waals surface area contributed by atoms with Crippen LogP contribution in [0.25, 0.3) is 0 Å². The number of hydrogen-bond donors (Lipinski definition) is 0. The molecule has 0 bridgehead atoms. The quantitative estimate of drug-likeness (QED) is 0.505. The lowest BCUT2D eigenvalue weighted by Crippen LogP contribution is -2.05. The molecule has 0 aliphatic carbocycles. The number of aldehydes is 1. The molecule has 1 aromatic rings. The maximum Gasteiger partial charge on any atom is 0.119 e. The van der Waals surface area contributed by atoms with Crippen LogP contribution in [-0.2, 0) is 11.2 Å². The number of aryl methyl sites for hydroxylation is 1. The lowest BCUT2D eigenvalue weighted by Gasteiger charge is -2.10. The van der Waals surface area contributed by atoms with Gasteiger partial charge in [-0.3, -0.25) is 0 Å². The molecule has 17 heavy (non-hydrogen) atoms. The molecular formula is C15H22O2. The van der Waals surface area contributed by atoms with Crippen molar-refractivity contribution in [3.05, 3.63) is 29.8 Å². The first-order chi connectivity index (χ1) is 8.22. The number of benzene rings is 1. The monoisotopic (exact) mass is 234 g/mol. The van der Waals surface area contributed by atoms with Crippen LogP contribution in [0.1, 0.15) is 45.1 Å². The van der Waals surface area contributed by atoms with Crippen LogP contribution < -0.4 is 4.74 Å². The first kappa shape index (κ1) is 13.8. The Hall–Kier alpha value is -1.31. The third-order valence-corrected chi connectivity index (χ3v) is 2.58. The molecule has 0 saturated heterocycles. The van der Waals surface area contributed by atoms with Crippen molar-refractivity contribution in [3.8, 4) is 5.75 Å². The van der Waals surface area contributed by atoms with Crippen molar-refractivity contribution in [2.24, 2.45) is 0 Å². The maximum atomic E-state index is 10.1. The van der Waals surface area contributed by atoms with E-state index in [4.69, 9.17) is 4.74 Å². The largest absolute Gasteiger partial charge is 0.491 e. The lowest BCUT2D eigenvalue weighted by molar-refractivity contribution is -0.107. The highest BCUT2D eigenvalue weighted by Crippen LogP contribution is 2.15. The summed E-state index contributed by atoms with van der Waals surface area (Å²) in [6.45, 7) is 4.06. The van der Waals surface area contributed by atoms with Crippen LogP contribution in [0.15, 0.2) is 24.3 Å². The number of carbonyl (C=O) groups is 1. The highest BCUT2D eigenvalue weighted by atomic mass is 16.5. The van der Waals surface area contributed by atoms with Crippen molar-refractivity contribution < 1.29 is 9.53 Å². The van der Waals surface area contributed by atoms with Gasteiger partial charge in [-0.1, -0.05) is 18.6 Å². The number of carbonyl (C=O) groups excluding carboxylic acids is 1. The third kappa shape index (κ3) is 6.10. The van der Waals surface area contributed by atoms with Gasteiger partial charge in [0.1, 0.15) is 12.0 Å². The summed E-state index contributed by atoms with van der Waals surface area (Å²) in [4.78, 5) is 10.1. The zero-order valence-corrected chi connectivity index (χ0v) is 10.8. The molecular weight excluding hydrogens is 212 g/mol. The lowest BCUT2D eigenvalue weighted by atomic mass is 10.1. The minimum Gasteiger partial charge on any atom is -0.491 e. The number of hydrogen-bond acceptors (Lipinski definition) is 2. The summed E-state index contributed by atoms with van der Waals surface area (Å²) < 4.78 is 5.59. The highest BCUT2D eigenvalue weighted by molar-refractivity contribution is 5.48. The van der Waals surface area contributed by atoms with Gasteiger partial charge in [0.05, 0.1) is 6.10 Å². The van der Waals surface area contributed by atoms with Gasteiger partial charge in [0, 0.05) is 6.42 Å². The van der Waals surface area contributed by atoms with E-state index in [-0.39, 0.29) is 6.10 Å². The molecule has 0 fully saturated rings. The predicted molar refractivity (Wildman–Crippen MR) is 70.4 cm³/mol. The summed E-state index contributed by atoms with van der Waals surface area (Å²) in [5.41, 5.74) is 1.34. The van der Waals surface area contributed by atoms with E-state index in [0.29, 0.717) is 6.42 Å². The Kier molecular flexibility index (Phi) is 6.38. The zero-order chi connectivity index (χ0) is 12.5. The standard InChI is InChI=1S/C15H22O2/c1-13(2)17-15-10-8-14(9-11-15)7-5-3-4-6-12-16/h8-13H,3-7H2,1-2H3. The van der Waals surface area contributed by atoms with Crippen molar-refractivity contribution in [2.45, 2.75) is 52.1 Å². The first-order valence-electron chi connectivity index (χ1n) is 6.41. The molecule has 2 nitrogen and oxygen atoms in total. The molecule has 0 heterocycles. The Bertz CT molecular complexity index is 314. The van der Waals surface area contributed by atoms with E-state index >= 15 is 0 Å². The second kappa shape index (κ2) is 7.88. The average molecular weight is 234 g/mol. The molecule has 0 aliphatic heterocycles. The van der Waals surface area contributed by atoms with Crippen molar-refractivity contribution >= 4 is 6.29 Å². The molecule has 0 aliphatic rings. The van der Waals surface area contributed by atoms with Crippen LogP contribution in [0.5, 0.6) is 5.75 Å². The number of ether oxygens (including phenoxy) is 1. The number of rotatable bonds is 8. The molecule has 1 aromatic carbocycles. The minimum absolute atomic E-state index is 0.226. The van der Waals surface area contributed by atoms with Gasteiger partial charge >= 0.3 is 0 Å². The fourth-order valence-corrected chi connectivity index (χ4v) is 1.74. The van der Waals surface area contributed by atoms with Crippen LogP contribution in [0, 0.1) is 0 Å². The van der Waals surface area contributed by atoms with E-state index in [0.717, 1.165) is 37.7 Å². The molecule has 0 unspecified atom stereocenters. The Balaban J connectivity index is 2.27. The molecule has 0 aromatic heterocycles. The summed E-state index contributed by atoms with van der Waals surface area (Å²) in [5.74, 6) is 0.935. The summed E-state index contributed by atoms with van der Waals surface area (Å²) >= 11 is 0. The summed E-state index contributed by atoms with van der Waals surface area (Å²) in [7, 11) is 0. The van der Waals surface area contributed by atoms with Gasteiger partial charge in [0.2, 0.25) is 0 Å². The topological polar surface area (TPSA) is 26.3 Å². The van der Waals surface area contributed by atoms with E-state index in [1.54, 1.807) is 0 Å². The van der Waals surface area contributed by atoms with Crippen LogP contribution in [0.2, 0.25) is 0 Å². The molecule has 0 spiro atoms. The smallest absolute Gasteiger partial charge is 0.119 e. The molecule has 0 atom stereocenters. The van der Waals surface area contributed by atoms with Gasteiger partial charge in [-0.2, -0.15) is 0 Å². The zero-order valence-electron chi connectivity index (χ0n) is 10.8. The van der Waals surface area contributed by atoms with E-state index in [2.05, 4.69) is 12.1 Å². The van der Waals surface area contributed by atoms with Gasteiger partial charge in [0.25, 0.3) is 0 Å². The molecule has 2 heteroatoms. The fourth-order valence-electron chi connectivity index (χ4n) is 1.74. The molecule has 1 rings (SSSR count). The van der Waals surface area contributed by atoms with E-state index in [1.165, 1.54) is 5.56 Å². The van der Waals surface area contributed by atoms with Gasteiger partial charge in [-0.05, 0) is 50.8 Å². The third-order valence-electron chi connectivity index (χ3n) is 2.58. The summed E-state index contributed by atoms with van der Waals surface area (Å²) in [5, 5.41) is 0. The minimum atomic E-state index is 0.226. The van der Waals surface area contributed by atoms with Gasteiger partial charge in [-0.25, -0.2) is 0 Å². The molecule has 0 radical (unpaired) electrons. The van der Waals surface area contributed by atoms with Gasteiger partial charge < -0.3 is 9.53 Å². The van der Waals surface area contributed by atoms with Crippen LogP contribution >= 0.6 is 0 Å². The van der Waals surface area contributed by atoms with Crippen LogP contribution in [-0.4, -0.2) is 12.4 Å². The van der Waals surface area contributed by atoms with Crippen LogP contribution in [0.4, 0.5) is 0 Å². The van der Waals surface area contributed by atoms with Gasteiger partial charge in [-0.15, -0.1) is 0 Å². The van der Waals surface area contributed by atoms with Crippen molar-refractivity contribution in [3.63, 3.8) is 0 Å². The Morgan fingerprint density at radius 1 is 1.12 bits per heavy atom. The van der Waals surface area contributed by atoms with Crippen molar-refractivity contribution in [1.82, 2.24) is 0 Å². The number of unbranched alkanes of at least 4 members (excludes halogenated alkanes) is 3. The Morgan fingerprint density at radius 2 is 1.82 bits per heavy atom. The van der Waals surface area contributed by atoms with E-state index in [9.17, 15) is 4.79 Å².